The van der Waals surface area contributed by atoms with E-state index in [1.165, 1.54) is 13.4 Å². The lowest BCUT2D eigenvalue weighted by Gasteiger charge is -2.05. The summed E-state index contributed by atoms with van der Waals surface area (Å²) in [6.45, 7) is 0. The van der Waals surface area contributed by atoms with Crippen LogP contribution in [0, 0.1) is 0 Å². The van der Waals surface area contributed by atoms with Gasteiger partial charge in [0.05, 0.1) is 0 Å². The molecule has 0 aliphatic rings. The quantitative estimate of drug-likeness (QED) is 0.738. The maximum Gasteiger partial charge on any atom is 0.320 e. The summed E-state index contributed by atoms with van der Waals surface area (Å²) in [5.41, 5.74) is 2.12. The number of anilines is 1. The summed E-state index contributed by atoms with van der Waals surface area (Å²) >= 11 is 0. The Morgan fingerprint density at radius 3 is 2.70 bits per heavy atom. The molecule has 2 aromatic heterocycles. The maximum atomic E-state index is 11.4. The zero-order valence-corrected chi connectivity index (χ0v) is 10.7. The molecule has 20 heavy (non-hydrogen) atoms. The molecule has 0 aliphatic heterocycles. The second-order valence-corrected chi connectivity index (χ2v) is 4.05. The minimum atomic E-state index is -0.348. The molecule has 0 saturated carbocycles. The molecule has 7 heteroatoms. The largest absolute Gasteiger partial charge is 0.341 e. The minimum Gasteiger partial charge on any atom is -0.341 e. The van der Waals surface area contributed by atoms with Gasteiger partial charge in [0, 0.05) is 12.7 Å². The number of imidazole rings is 1. The van der Waals surface area contributed by atoms with E-state index in [-0.39, 0.29) is 6.03 Å². The van der Waals surface area contributed by atoms with Crippen LogP contribution in [0.5, 0.6) is 0 Å². The Bertz CT molecular complexity index is 752. The van der Waals surface area contributed by atoms with Gasteiger partial charge in [-0.1, -0.05) is 18.2 Å². The van der Waals surface area contributed by atoms with Gasteiger partial charge in [-0.3, -0.25) is 9.88 Å². The van der Waals surface area contributed by atoms with E-state index in [4.69, 9.17) is 0 Å². The van der Waals surface area contributed by atoms with E-state index in [0.29, 0.717) is 17.0 Å². The molecule has 3 rings (SSSR count). The summed E-state index contributed by atoms with van der Waals surface area (Å²) in [6.07, 6.45) is 3.05. The van der Waals surface area contributed by atoms with Gasteiger partial charge in [0.25, 0.3) is 0 Å². The predicted molar refractivity (Wildman–Crippen MR) is 74.7 cm³/mol. The van der Waals surface area contributed by atoms with Crippen molar-refractivity contribution < 1.29 is 4.79 Å². The van der Waals surface area contributed by atoms with E-state index < -0.39 is 0 Å². The molecule has 7 nitrogen and oxygen atoms in total. The number of carbonyl (C=O) groups is 1. The summed E-state index contributed by atoms with van der Waals surface area (Å²) in [5.74, 6) is 0.379. The molecule has 0 unspecified atom stereocenters. The fraction of sp³-hybridized carbons (Fsp3) is 0.0769. The lowest BCUT2D eigenvalue weighted by molar-refractivity contribution is 0.254. The molecule has 100 valence electrons. The first kappa shape index (κ1) is 12.1. The first-order valence-corrected chi connectivity index (χ1v) is 6.02. The van der Waals surface area contributed by atoms with E-state index in [9.17, 15) is 4.79 Å². The third-order valence-electron chi connectivity index (χ3n) is 2.83. The summed E-state index contributed by atoms with van der Waals surface area (Å²) in [4.78, 5) is 23.9. The van der Waals surface area contributed by atoms with Crippen molar-refractivity contribution >= 4 is 23.0 Å². The molecule has 0 spiro atoms. The zero-order chi connectivity index (χ0) is 13.9. The first-order chi connectivity index (χ1) is 9.79. The van der Waals surface area contributed by atoms with Gasteiger partial charge < -0.3 is 5.32 Å². The van der Waals surface area contributed by atoms with E-state index in [2.05, 4.69) is 25.6 Å². The number of hydrogen-bond acceptors (Lipinski definition) is 4. The Morgan fingerprint density at radius 1 is 1.15 bits per heavy atom. The number of carbonyl (C=O) groups excluding carboxylic acids is 1. The van der Waals surface area contributed by atoms with Crippen LogP contribution in [-0.2, 0) is 0 Å². The molecule has 3 aromatic rings. The van der Waals surface area contributed by atoms with Crippen LogP contribution in [0.1, 0.15) is 0 Å². The molecule has 2 heterocycles. The highest BCUT2D eigenvalue weighted by Gasteiger charge is 2.12. The molecule has 0 aliphatic carbocycles. The summed E-state index contributed by atoms with van der Waals surface area (Å²) in [5, 5.41) is 5.09. The fourth-order valence-corrected chi connectivity index (χ4v) is 1.87. The van der Waals surface area contributed by atoms with Crippen LogP contribution in [0.3, 0.4) is 0 Å². The number of rotatable bonds is 2. The molecule has 2 N–H and O–H groups in total. The number of fused-ring (bicyclic) bond motifs is 1. The van der Waals surface area contributed by atoms with Crippen molar-refractivity contribution in [2.45, 2.75) is 0 Å². The van der Waals surface area contributed by atoms with E-state index in [0.717, 1.165) is 5.69 Å². The number of aromatic nitrogens is 4. The average Bonchev–Trinajstić information content (AvgIpc) is 2.93. The molecule has 2 amide bonds. The van der Waals surface area contributed by atoms with Gasteiger partial charge in [-0.15, -0.1) is 0 Å². The number of nitrogens with one attached hydrogen (secondary N) is 2. The van der Waals surface area contributed by atoms with Crippen LogP contribution in [0.15, 0.2) is 43.0 Å². The second kappa shape index (κ2) is 4.96. The molecular formula is C13H12N6O. The smallest absolute Gasteiger partial charge is 0.320 e. The zero-order valence-electron chi connectivity index (χ0n) is 10.7. The summed E-state index contributed by atoms with van der Waals surface area (Å²) in [6, 6.07) is 9.37. The topological polar surface area (TPSA) is 84.7 Å². The normalized spacial score (nSPS) is 10.4. The number of amides is 2. The summed E-state index contributed by atoms with van der Waals surface area (Å²) in [7, 11) is 1.54. The van der Waals surface area contributed by atoms with Gasteiger partial charge >= 0.3 is 6.03 Å². The van der Waals surface area contributed by atoms with Gasteiger partial charge in [0.2, 0.25) is 0 Å². The molecule has 0 fully saturated rings. The van der Waals surface area contributed by atoms with Crippen molar-refractivity contribution in [1.82, 2.24) is 24.8 Å². The summed E-state index contributed by atoms with van der Waals surface area (Å²) < 4.78 is 1.84. The van der Waals surface area contributed by atoms with Crippen molar-refractivity contribution in [2.24, 2.45) is 0 Å². The maximum absolute atomic E-state index is 11.4. The van der Waals surface area contributed by atoms with Crippen molar-refractivity contribution in [3.63, 3.8) is 0 Å². The Labute approximate surface area is 114 Å². The fourth-order valence-electron chi connectivity index (χ4n) is 1.87. The molecule has 0 bridgehead atoms. The average molecular weight is 268 g/mol. The monoisotopic (exact) mass is 268 g/mol. The SMILES string of the molecule is CNC(=O)Nc1ncnc2c1ncn2-c1ccccc1. The lowest BCUT2D eigenvalue weighted by atomic mass is 10.3. The number of nitrogens with zero attached hydrogens (tertiary/aromatic N) is 4. The first-order valence-electron chi connectivity index (χ1n) is 6.02. The van der Waals surface area contributed by atoms with Crippen LogP contribution in [0.25, 0.3) is 16.9 Å². The number of para-hydroxylation sites is 1. The Kier molecular flexibility index (Phi) is 3.00. The van der Waals surface area contributed by atoms with Crippen LogP contribution in [-0.4, -0.2) is 32.6 Å². The van der Waals surface area contributed by atoms with Crippen LogP contribution >= 0.6 is 0 Å². The third-order valence-corrected chi connectivity index (χ3v) is 2.83. The van der Waals surface area contributed by atoms with Crippen molar-refractivity contribution in [2.75, 3.05) is 12.4 Å². The molecular weight excluding hydrogens is 256 g/mol. The van der Waals surface area contributed by atoms with Gasteiger partial charge in [0.15, 0.2) is 17.0 Å². The van der Waals surface area contributed by atoms with E-state index >= 15 is 0 Å². The number of urea groups is 1. The van der Waals surface area contributed by atoms with Crippen molar-refractivity contribution in [1.29, 1.82) is 0 Å². The Balaban J connectivity index is 2.10. The van der Waals surface area contributed by atoms with Gasteiger partial charge in [-0.05, 0) is 12.1 Å². The van der Waals surface area contributed by atoms with Gasteiger partial charge in [-0.2, -0.15) is 0 Å². The van der Waals surface area contributed by atoms with E-state index in [1.54, 1.807) is 6.33 Å². The van der Waals surface area contributed by atoms with Crippen LogP contribution in [0.2, 0.25) is 0 Å². The van der Waals surface area contributed by atoms with Gasteiger partial charge in [0.1, 0.15) is 12.7 Å². The molecule has 0 saturated heterocycles. The lowest BCUT2D eigenvalue weighted by Crippen LogP contribution is -2.25. The Hall–Kier alpha value is -2.96. The second-order valence-electron chi connectivity index (χ2n) is 4.05. The van der Waals surface area contributed by atoms with Gasteiger partial charge in [-0.25, -0.2) is 19.7 Å². The highest BCUT2D eigenvalue weighted by molar-refractivity contribution is 5.95. The molecule has 0 atom stereocenters. The highest BCUT2D eigenvalue weighted by atomic mass is 16.2. The highest BCUT2D eigenvalue weighted by Crippen LogP contribution is 2.20. The van der Waals surface area contributed by atoms with Crippen molar-refractivity contribution in [3.05, 3.63) is 43.0 Å². The standard InChI is InChI=1S/C13H12N6O/c1-14-13(20)18-11-10-12(16-7-15-11)19(8-17-10)9-5-3-2-4-6-9/h2-8H,1H3,(H2,14,15,16,18,20). The minimum absolute atomic E-state index is 0.348. The van der Waals surface area contributed by atoms with Crippen LogP contribution < -0.4 is 10.6 Å². The third kappa shape index (κ3) is 2.05. The number of hydrogen-bond donors (Lipinski definition) is 2. The number of benzene rings is 1. The van der Waals surface area contributed by atoms with Crippen molar-refractivity contribution in [3.8, 4) is 5.69 Å². The van der Waals surface area contributed by atoms with E-state index in [1.807, 2.05) is 34.9 Å². The van der Waals surface area contributed by atoms with Crippen LogP contribution in [0.4, 0.5) is 10.6 Å². The Morgan fingerprint density at radius 2 is 1.95 bits per heavy atom. The molecule has 0 radical (unpaired) electrons. The molecule has 1 aromatic carbocycles. The predicted octanol–water partition coefficient (Wildman–Crippen LogP) is 1.57.